The predicted molar refractivity (Wildman–Crippen MR) is 72.7 cm³/mol. The number of pyridine rings is 1. The number of aromatic nitrogens is 1. The van der Waals surface area contributed by atoms with Gasteiger partial charge in [0.05, 0.1) is 5.56 Å². The van der Waals surface area contributed by atoms with Crippen molar-refractivity contribution in [1.82, 2.24) is 9.47 Å². The molecule has 20 heavy (non-hydrogen) atoms. The van der Waals surface area contributed by atoms with Gasteiger partial charge in [0, 0.05) is 25.4 Å². The van der Waals surface area contributed by atoms with Gasteiger partial charge in [-0.25, -0.2) is 4.79 Å². The second kappa shape index (κ2) is 6.36. The second-order valence-corrected chi connectivity index (χ2v) is 4.98. The van der Waals surface area contributed by atoms with Crippen LogP contribution in [0.15, 0.2) is 23.1 Å². The first-order chi connectivity index (χ1) is 9.58. The average molecular weight is 278 g/mol. The van der Waals surface area contributed by atoms with Crippen LogP contribution in [0.3, 0.4) is 0 Å². The molecular formula is C14H18N2O4. The quantitative estimate of drug-likeness (QED) is 0.892. The molecule has 0 unspecified atom stereocenters. The highest BCUT2D eigenvalue weighted by atomic mass is 16.4. The molecule has 1 aliphatic rings. The van der Waals surface area contributed by atoms with Crippen molar-refractivity contribution in [3.05, 3.63) is 34.2 Å². The molecule has 0 aliphatic carbocycles. The molecule has 1 aromatic rings. The molecule has 0 atom stereocenters. The number of carbonyl (C=O) groups excluding carboxylic acids is 1. The molecule has 0 aromatic carbocycles. The maximum Gasteiger partial charge on any atom is 0.335 e. The Hall–Kier alpha value is -2.11. The van der Waals surface area contributed by atoms with E-state index in [1.165, 1.54) is 16.8 Å². The number of carbonyl (C=O) groups is 2. The SMILES string of the molecule is O=C(O)c1ccn(CC(=O)N2CCCCCC2)c(=O)c1. The summed E-state index contributed by atoms with van der Waals surface area (Å²) in [6.07, 6.45) is 5.63. The van der Waals surface area contributed by atoms with Crippen LogP contribution in [0.5, 0.6) is 0 Å². The van der Waals surface area contributed by atoms with Gasteiger partial charge in [0.2, 0.25) is 5.91 Å². The van der Waals surface area contributed by atoms with Crippen molar-refractivity contribution >= 4 is 11.9 Å². The zero-order valence-electron chi connectivity index (χ0n) is 11.2. The minimum absolute atomic E-state index is 0.0290. The van der Waals surface area contributed by atoms with E-state index in [-0.39, 0.29) is 18.0 Å². The first-order valence-electron chi connectivity index (χ1n) is 6.79. The van der Waals surface area contributed by atoms with Crippen LogP contribution < -0.4 is 5.56 Å². The monoisotopic (exact) mass is 278 g/mol. The molecule has 1 aromatic heterocycles. The summed E-state index contributed by atoms with van der Waals surface area (Å²) in [7, 11) is 0. The first-order valence-corrected chi connectivity index (χ1v) is 6.79. The van der Waals surface area contributed by atoms with Gasteiger partial charge in [0.25, 0.3) is 5.56 Å². The summed E-state index contributed by atoms with van der Waals surface area (Å²) in [6.45, 7) is 1.44. The van der Waals surface area contributed by atoms with Gasteiger partial charge in [0.15, 0.2) is 0 Å². The van der Waals surface area contributed by atoms with Gasteiger partial charge in [-0.2, -0.15) is 0 Å². The number of nitrogens with zero attached hydrogens (tertiary/aromatic N) is 2. The summed E-state index contributed by atoms with van der Waals surface area (Å²) in [5, 5.41) is 8.79. The fourth-order valence-corrected chi connectivity index (χ4v) is 2.34. The number of rotatable bonds is 3. The average Bonchev–Trinajstić information content (AvgIpc) is 2.69. The zero-order valence-corrected chi connectivity index (χ0v) is 11.2. The van der Waals surface area contributed by atoms with E-state index in [1.807, 2.05) is 0 Å². The molecule has 0 saturated carbocycles. The molecule has 2 rings (SSSR count). The van der Waals surface area contributed by atoms with Crippen LogP contribution in [0.25, 0.3) is 0 Å². The Bertz CT molecular complexity index is 557. The number of carboxylic acids is 1. The van der Waals surface area contributed by atoms with E-state index >= 15 is 0 Å². The Labute approximate surface area is 116 Å². The zero-order chi connectivity index (χ0) is 14.5. The lowest BCUT2D eigenvalue weighted by Gasteiger charge is -2.20. The third kappa shape index (κ3) is 3.46. The van der Waals surface area contributed by atoms with Gasteiger partial charge in [-0.1, -0.05) is 12.8 Å². The summed E-state index contributed by atoms with van der Waals surface area (Å²) in [4.78, 5) is 36.4. The highest BCUT2D eigenvalue weighted by Gasteiger charge is 2.16. The fourth-order valence-electron chi connectivity index (χ4n) is 2.34. The Morgan fingerprint density at radius 2 is 1.80 bits per heavy atom. The molecule has 2 heterocycles. The largest absolute Gasteiger partial charge is 0.478 e. The number of likely N-dealkylation sites (tertiary alicyclic amines) is 1. The Morgan fingerprint density at radius 1 is 1.15 bits per heavy atom. The third-order valence-corrected chi connectivity index (χ3v) is 3.51. The number of aromatic carboxylic acids is 1. The topological polar surface area (TPSA) is 79.6 Å². The van der Waals surface area contributed by atoms with Gasteiger partial charge < -0.3 is 14.6 Å². The van der Waals surface area contributed by atoms with Crippen LogP contribution in [0.1, 0.15) is 36.0 Å². The number of hydrogen-bond donors (Lipinski definition) is 1. The molecular weight excluding hydrogens is 260 g/mol. The van der Waals surface area contributed by atoms with E-state index in [2.05, 4.69) is 0 Å². The lowest BCUT2D eigenvalue weighted by atomic mass is 10.2. The lowest BCUT2D eigenvalue weighted by Crippen LogP contribution is -2.37. The smallest absolute Gasteiger partial charge is 0.335 e. The van der Waals surface area contributed by atoms with Gasteiger partial charge in [-0.05, 0) is 18.9 Å². The first kappa shape index (κ1) is 14.3. The number of amides is 1. The lowest BCUT2D eigenvalue weighted by molar-refractivity contribution is -0.131. The standard InChI is InChI=1S/C14H18N2O4/c17-12-9-11(14(19)20)5-8-16(12)10-13(18)15-6-3-1-2-4-7-15/h5,8-9H,1-4,6-7,10H2,(H,19,20). The van der Waals surface area contributed by atoms with E-state index in [0.29, 0.717) is 0 Å². The summed E-state index contributed by atoms with van der Waals surface area (Å²) in [6, 6.07) is 2.37. The van der Waals surface area contributed by atoms with Crippen molar-refractivity contribution in [2.75, 3.05) is 13.1 Å². The van der Waals surface area contributed by atoms with E-state index in [0.717, 1.165) is 44.8 Å². The molecule has 1 aliphatic heterocycles. The maximum absolute atomic E-state index is 12.1. The van der Waals surface area contributed by atoms with Crippen molar-refractivity contribution in [3.8, 4) is 0 Å². The van der Waals surface area contributed by atoms with Crippen LogP contribution in [0, 0.1) is 0 Å². The van der Waals surface area contributed by atoms with Crippen LogP contribution in [0.4, 0.5) is 0 Å². The molecule has 1 fully saturated rings. The maximum atomic E-state index is 12.1. The minimum atomic E-state index is -1.15. The highest BCUT2D eigenvalue weighted by Crippen LogP contribution is 2.10. The van der Waals surface area contributed by atoms with E-state index in [9.17, 15) is 14.4 Å². The summed E-state index contributed by atoms with van der Waals surface area (Å²) in [5.41, 5.74) is -0.526. The third-order valence-electron chi connectivity index (χ3n) is 3.51. The van der Waals surface area contributed by atoms with E-state index in [4.69, 9.17) is 5.11 Å². The molecule has 6 nitrogen and oxygen atoms in total. The van der Waals surface area contributed by atoms with Crippen LogP contribution in [-0.4, -0.2) is 39.5 Å². The van der Waals surface area contributed by atoms with Crippen molar-refractivity contribution in [3.63, 3.8) is 0 Å². The van der Waals surface area contributed by atoms with Crippen molar-refractivity contribution in [2.45, 2.75) is 32.2 Å². The Morgan fingerprint density at radius 3 is 2.35 bits per heavy atom. The molecule has 0 radical (unpaired) electrons. The normalized spacial score (nSPS) is 15.7. The Balaban J connectivity index is 2.07. The molecule has 0 bridgehead atoms. The minimum Gasteiger partial charge on any atom is -0.478 e. The fraction of sp³-hybridized carbons (Fsp3) is 0.500. The van der Waals surface area contributed by atoms with Gasteiger partial charge in [0.1, 0.15) is 6.54 Å². The van der Waals surface area contributed by atoms with Gasteiger partial charge in [-0.3, -0.25) is 9.59 Å². The van der Waals surface area contributed by atoms with Crippen LogP contribution >= 0.6 is 0 Å². The van der Waals surface area contributed by atoms with E-state index < -0.39 is 11.5 Å². The van der Waals surface area contributed by atoms with Crippen molar-refractivity contribution < 1.29 is 14.7 Å². The molecule has 0 spiro atoms. The molecule has 108 valence electrons. The molecule has 1 amide bonds. The van der Waals surface area contributed by atoms with Crippen molar-refractivity contribution in [2.24, 2.45) is 0 Å². The Kier molecular flexibility index (Phi) is 4.55. The summed E-state index contributed by atoms with van der Waals surface area (Å²) in [5.74, 6) is -1.23. The second-order valence-electron chi connectivity index (χ2n) is 4.98. The molecule has 6 heteroatoms. The van der Waals surface area contributed by atoms with Gasteiger partial charge in [-0.15, -0.1) is 0 Å². The highest BCUT2D eigenvalue weighted by molar-refractivity contribution is 5.87. The molecule has 1 N–H and O–H groups in total. The predicted octanol–water partition coefficient (Wildman–Crippen LogP) is 0.949. The summed E-state index contributed by atoms with van der Waals surface area (Å²) < 4.78 is 1.25. The molecule has 1 saturated heterocycles. The summed E-state index contributed by atoms with van der Waals surface area (Å²) >= 11 is 0. The number of hydrogen-bond acceptors (Lipinski definition) is 3. The number of carboxylic acid groups (broad SMARTS) is 1. The van der Waals surface area contributed by atoms with Crippen molar-refractivity contribution in [1.29, 1.82) is 0 Å². The van der Waals surface area contributed by atoms with Crippen LogP contribution in [0.2, 0.25) is 0 Å². The van der Waals surface area contributed by atoms with E-state index in [1.54, 1.807) is 4.90 Å². The van der Waals surface area contributed by atoms with Crippen LogP contribution in [-0.2, 0) is 11.3 Å². The van der Waals surface area contributed by atoms with Gasteiger partial charge >= 0.3 is 5.97 Å².